The number of Topliss-reactive ketones (excluding diaryl/α,β-unsaturated/α-hetero) is 1. The van der Waals surface area contributed by atoms with Crippen LogP contribution in [0.4, 0.5) is 0 Å². The quantitative estimate of drug-likeness (QED) is 0.652. The highest BCUT2D eigenvalue weighted by Crippen LogP contribution is 2.39. The Bertz CT molecular complexity index is 456. The Hall–Kier alpha value is -1.37. The first-order valence-electron chi connectivity index (χ1n) is 6.16. The summed E-state index contributed by atoms with van der Waals surface area (Å²) in [4.78, 5) is 12.1. The maximum Gasteiger partial charge on any atom is 0.148 e. The van der Waals surface area contributed by atoms with Gasteiger partial charge in [-0.25, -0.2) is 0 Å². The van der Waals surface area contributed by atoms with Gasteiger partial charge in [-0.3, -0.25) is 4.79 Å². The largest absolute Gasteiger partial charge is 0.298 e. The molecule has 0 radical (unpaired) electrons. The summed E-state index contributed by atoms with van der Waals surface area (Å²) in [5.41, 5.74) is 3.88. The molecule has 1 heteroatoms. The summed E-state index contributed by atoms with van der Waals surface area (Å²) < 4.78 is 0. The van der Waals surface area contributed by atoms with Crippen molar-refractivity contribution in [3.05, 3.63) is 47.0 Å². The molecule has 16 heavy (non-hydrogen) atoms. The minimum Gasteiger partial charge on any atom is -0.298 e. The molecule has 0 aromatic heterocycles. The van der Waals surface area contributed by atoms with Crippen molar-refractivity contribution < 1.29 is 4.79 Å². The summed E-state index contributed by atoms with van der Waals surface area (Å²) in [6.07, 6.45) is 7.74. The molecule has 0 saturated heterocycles. The van der Waals surface area contributed by atoms with Crippen LogP contribution in [0, 0.1) is 0 Å². The zero-order valence-corrected chi connectivity index (χ0v) is 9.41. The van der Waals surface area contributed by atoms with Crippen LogP contribution in [0.2, 0.25) is 0 Å². The van der Waals surface area contributed by atoms with Crippen molar-refractivity contribution in [3.63, 3.8) is 0 Å². The number of hydrogen-bond acceptors (Lipinski definition) is 1. The number of carbonyl (C=O) groups excluding carboxylic acids is 1. The highest BCUT2D eigenvalue weighted by atomic mass is 16.1. The lowest BCUT2D eigenvalue weighted by Gasteiger charge is -2.18. The molecular formula is C15H16O. The van der Waals surface area contributed by atoms with Crippen molar-refractivity contribution in [1.82, 2.24) is 0 Å². The highest BCUT2D eigenvalue weighted by Gasteiger charge is 2.32. The fourth-order valence-corrected chi connectivity index (χ4v) is 2.97. The van der Waals surface area contributed by atoms with Crippen molar-refractivity contribution in [2.45, 2.75) is 38.0 Å². The van der Waals surface area contributed by atoms with Crippen LogP contribution >= 0.6 is 0 Å². The predicted molar refractivity (Wildman–Crippen MR) is 64.4 cm³/mol. The van der Waals surface area contributed by atoms with E-state index in [0.717, 1.165) is 12.8 Å². The molecule has 0 bridgehead atoms. The first kappa shape index (κ1) is 9.83. The average Bonchev–Trinajstić information content (AvgIpc) is 2.66. The van der Waals surface area contributed by atoms with Gasteiger partial charge in [0.15, 0.2) is 0 Å². The number of allylic oxidation sites excluding steroid dienone is 2. The third-order valence-corrected chi connectivity index (χ3v) is 3.75. The molecule has 1 aromatic rings. The third-order valence-electron chi connectivity index (χ3n) is 3.75. The first-order chi connectivity index (χ1) is 7.86. The fraction of sp³-hybridized carbons (Fsp3) is 0.400. The van der Waals surface area contributed by atoms with Crippen molar-refractivity contribution in [3.8, 4) is 0 Å². The van der Waals surface area contributed by atoms with E-state index in [1.807, 2.05) is 12.1 Å². The zero-order chi connectivity index (χ0) is 11.0. The van der Waals surface area contributed by atoms with Gasteiger partial charge in [-0.05, 0) is 36.8 Å². The van der Waals surface area contributed by atoms with Gasteiger partial charge in [-0.1, -0.05) is 35.9 Å². The van der Waals surface area contributed by atoms with Gasteiger partial charge in [0.2, 0.25) is 0 Å². The summed E-state index contributed by atoms with van der Waals surface area (Å²) in [7, 11) is 0. The molecule has 1 atom stereocenters. The normalized spacial score (nSPS) is 24.1. The maximum absolute atomic E-state index is 12.1. The summed E-state index contributed by atoms with van der Waals surface area (Å²) in [5, 5.41) is 0. The van der Waals surface area contributed by atoms with E-state index >= 15 is 0 Å². The summed E-state index contributed by atoms with van der Waals surface area (Å²) in [6, 6.07) is 8.30. The van der Waals surface area contributed by atoms with Gasteiger partial charge in [-0.15, -0.1) is 0 Å². The van der Waals surface area contributed by atoms with Crippen molar-refractivity contribution in [2.24, 2.45) is 0 Å². The molecule has 2 aliphatic rings. The molecule has 1 nitrogen and oxygen atoms in total. The lowest BCUT2D eigenvalue weighted by atomic mass is 9.85. The van der Waals surface area contributed by atoms with E-state index in [1.165, 1.54) is 29.5 Å². The summed E-state index contributed by atoms with van der Waals surface area (Å²) in [6.45, 7) is 0. The van der Waals surface area contributed by atoms with Crippen LogP contribution in [0.1, 0.15) is 42.7 Å². The maximum atomic E-state index is 12.1. The number of benzene rings is 1. The smallest absolute Gasteiger partial charge is 0.148 e. The molecule has 0 spiro atoms. The van der Waals surface area contributed by atoms with Gasteiger partial charge >= 0.3 is 0 Å². The Morgan fingerprint density at radius 1 is 1.12 bits per heavy atom. The molecule has 0 heterocycles. The zero-order valence-electron chi connectivity index (χ0n) is 9.41. The molecule has 1 aromatic carbocycles. The van der Waals surface area contributed by atoms with Gasteiger partial charge in [0.1, 0.15) is 5.78 Å². The molecule has 0 aliphatic heterocycles. The number of hydrogen-bond donors (Lipinski definition) is 0. The predicted octanol–water partition coefficient (Wildman–Crippen LogP) is 3.40. The van der Waals surface area contributed by atoms with Gasteiger partial charge < -0.3 is 0 Å². The lowest BCUT2D eigenvalue weighted by Crippen LogP contribution is -2.11. The Morgan fingerprint density at radius 2 is 2.00 bits per heavy atom. The molecule has 0 fully saturated rings. The molecule has 0 amide bonds. The van der Waals surface area contributed by atoms with E-state index in [2.05, 4.69) is 18.2 Å². The molecule has 82 valence electrons. The molecule has 0 saturated carbocycles. The standard InChI is InChI=1S/C15H16O/c16-14-10-12-8-4-5-9-13(12)15(14)11-6-2-1-3-7-11/h4-6,8-9,15H,1-3,7,10H2. The average molecular weight is 212 g/mol. The minimum absolute atomic E-state index is 0.0940. The minimum atomic E-state index is 0.0940. The second kappa shape index (κ2) is 3.89. The SMILES string of the molecule is O=C1Cc2ccccc2C1C1=CCCCC1. The second-order valence-electron chi connectivity index (χ2n) is 4.80. The third kappa shape index (κ3) is 1.51. The van der Waals surface area contributed by atoms with Crippen LogP contribution in [0.25, 0.3) is 0 Å². The molecule has 2 aliphatic carbocycles. The first-order valence-corrected chi connectivity index (χ1v) is 6.16. The number of fused-ring (bicyclic) bond motifs is 1. The summed E-state index contributed by atoms with van der Waals surface area (Å²) in [5.74, 6) is 0.492. The Labute approximate surface area is 96.2 Å². The van der Waals surface area contributed by atoms with E-state index in [1.54, 1.807) is 0 Å². The highest BCUT2D eigenvalue weighted by molar-refractivity contribution is 5.95. The number of rotatable bonds is 1. The van der Waals surface area contributed by atoms with Gasteiger partial charge in [0, 0.05) is 6.42 Å². The second-order valence-corrected chi connectivity index (χ2v) is 4.80. The monoisotopic (exact) mass is 212 g/mol. The van der Waals surface area contributed by atoms with Crippen molar-refractivity contribution in [1.29, 1.82) is 0 Å². The fourth-order valence-electron chi connectivity index (χ4n) is 2.97. The van der Waals surface area contributed by atoms with E-state index in [-0.39, 0.29) is 5.92 Å². The Kier molecular flexibility index (Phi) is 2.39. The van der Waals surface area contributed by atoms with Gasteiger partial charge in [0.25, 0.3) is 0 Å². The van der Waals surface area contributed by atoms with Crippen LogP contribution in [-0.4, -0.2) is 5.78 Å². The summed E-state index contributed by atoms with van der Waals surface area (Å²) >= 11 is 0. The van der Waals surface area contributed by atoms with E-state index in [9.17, 15) is 4.79 Å². The van der Waals surface area contributed by atoms with Gasteiger partial charge in [0.05, 0.1) is 5.92 Å². The lowest BCUT2D eigenvalue weighted by molar-refractivity contribution is -0.118. The molecular weight excluding hydrogens is 196 g/mol. The Morgan fingerprint density at radius 3 is 2.81 bits per heavy atom. The van der Waals surface area contributed by atoms with Crippen LogP contribution in [-0.2, 0) is 11.2 Å². The van der Waals surface area contributed by atoms with E-state index < -0.39 is 0 Å². The molecule has 0 N–H and O–H groups in total. The molecule has 3 rings (SSSR count). The number of ketones is 1. The van der Waals surface area contributed by atoms with Crippen molar-refractivity contribution >= 4 is 5.78 Å². The van der Waals surface area contributed by atoms with Gasteiger partial charge in [-0.2, -0.15) is 0 Å². The van der Waals surface area contributed by atoms with E-state index in [4.69, 9.17) is 0 Å². The van der Waals surface area contributed by atoms with Crippen LogP contribution < -0.4 is 0 Å². The van der Waals surface area contributed by atoms with Crippen molar-refractivity contribution in [2.75, 3.05) is 0 Å². The Balaban J connectivity index is 2.01. The van der Waals surface area contributed by atoms with Crippen LogP contribution in [0.3, 0.4) is 0 Å². The molecule has 1 unspecified atom stereocenters. The number of carbonyl (C=O) groups is 1. The van der Waals surface area contributed by atoms with E-state index in [0.29, 0.717) is 12.2 Å². The topological polar surface area (TPSA) is 17.1 Å². The van der Waals surface area contributed by atoms with Crippen LogP contribution in [0.5, 0.6) is 0 Å². The van der Waals surface area contributed by atoms with Crippen LogP contribution in [0.15, 0.2) is 35.9 Å².